The molecule has 3 aliphatic carbocycles. The van der Waals surface area contributed by atoms with Crippen LogP contribution in [0.3, 0.4) is 0 Å². The van der Waals surface area contributed by atoms with Crippen LogP contribution in [0.2, 0.25) is 0 Å². The summed E-state index contributed by atoms with van der Waals surface area (Å²) < 4.78 is 0. The van der Waals surface area contributed by atoms with Gasteiger partial charge in [0.2, 0.25) is 0 Å². The SMILES string of the molecule is c1ccc(SC2[C@H]3C[C@@H]2[C@@H]2CCC[C@@H]23)cc1. The van der Waals surface area contributed by atoms with Crippen molar-refractivity contribution in [2.75, 3.05) is 0 Å². The molecular weight excluding hydrogens is 212 g/mol. The lowest BCUT2D eigenvalue weighted by Gasteiger charge is -2.37. The number of hydrogen-bond acceptors (Lipinski definition) is 1. The van der Waals surface area contributed by atoms with Crippen LogP contribution in [-0.2, 0) is 0 Å². The third-order valence-corrected chi connectivity index (χ3v) is 6.64. The minimum atomic E-state index is 0.970. The number of fused-ring (bicyclic) bond motifs is 5. The van der Waals surface area contributed by atoms with Crippen LogP contribution in [0.25, 0.3) is 0 Å². The number of rotatable bonds is 2. The van der Waals surface area contributed by atoms with Crippen LogP contribution in [0, 0.1) is 23.7 Å². The zero-order valence-electron chi connectivity index (χ0n) is 9.51. The largest absolute Gasteiger partial charge is 0.122 e. The summed E-state index contributed by atoms with van der Waals surface area (Å²) >= 11 is 2.17. The van der Waals surface area contributed by atoms with Gasteiger partial charge in [-0.15, -0.1) is 11.8 Å². The zero-order valence-corrected chi connectivity index (χ0v) is 10.3. The standard InChI is InChI=1S/C15H18S/c1-2-5-10(6-3-1)16-15-13-9-14(15)12-8-4-7-11(12)13/h1-3,5-6,11-15H,4,7-9H2/t11-,12+,13-,14+,15?. The van der Waals surface area contributed by atoms with Crippen LogP contribution in [0.1, 0.15) is 25.7 Å². The molecule has 16 heavy (non-hydrogen) atoms. The van der Waals surface area contributed by atoms with E-state index >= 15 is 0 Å². The van der Waals surface area contributed by atoms with Crippen LogP contribution in [0.4, 0.5) is 0 Å². The topological polar surface area (TPSA) is 0 Å². The van der Waals surface area contributed by atoms with Crippen LogP contribution < -0.4 is 0 Å². The molecule has 0 amide bonds. The second kappa shape index (κ2) is 3.53. The van der Waals surface area contributed by atoms with Crippen molar-refractivity contribution < 1.29 is 0 Å². The summed E-state index contributed by atoms with van der Waals surface area (Å²) in [4.78, 5) is 1.49. The molecule has 3 saturated carbocycles. The monoisotopic (exact) mass is 230 g/mol. The fourth-order valence-corrected chi connectivity index (χ4v) is 6.06. The highest BCUT2D eigenvalue weighted by molar-refractivity contribution is 8.00. The molecule has 0 aliphatic heterocycles. The lowest BCUT2D eigenvalue weighted by atomic mass is 9.79. The van der Waals surface area contributed by atoms with Crippen LogP contribution in [0.5, 0.6) is 0 Å². The Labute approximate surface area is 102 Å². The van der Waals surface area contributed by atoms with Gasteiger partial charge in [-0.2, -0.15) is 0 Å². The third-order valence-electron chi connectivity index (χ3n) is 5.13. The summed E-state index contributed by atoms with van der Waals surface area (Å²) in [6.45, 7) is 0. The van der Waals surface area contributed by atoms with E-state index in [1.807, 2.05) is 0 Å². The maximum Gasteiger partial charge on any atom is 0.0157 e. The van der Waals surface area contributed by atoms with Crippen LogP contribution in [-0.4, -0.2) is 5.25 Å². The molecule has 0 saturated heterocycles. The molecule has 5 atom stereocenters. The fraction of sp³-hybridized carbons (Fsp3) is 0.600. The highest BCUT2D eigenvalue weighted by atomic mass is 32.2. The van der Waals surface area contributed by atoms with Gasteiger partial charge in [0.25, 0.3) is 0 Å². The van der Waals surface area contributed by atoms with E-state index in [4.69, 9.17) is 0 Å². The predicted molar refractivity (Wildman–Crippen MR) is 68.5 cm³/mol. The Balaban J connectivity index is 1.52. The first-order valence-corrected chi connectivity index (χ1v) is 7.53. The molecule has 3 aliphatic rings. The molecule has 1 unspecified atom stereocenters. The van der Waals surface area contributed by atoms with Crippen LogP contribution in [0.15, 0.2) is 35.2 Å². The van der Waals surface area contributed by atoms with Gasteiger partial charge >= 0.3 is 0 Å². The molecule has 2 bridgehead atoms. The first kappa shape index (κ1) is 9.58. The minimum absolute atomic E-state index is 0.970. The molecule has 1 aromatic rings. The van der Waals surface area contributed by atoms with Gasteiger partial charge in [0.1, 0.15) is 0 Å². The predicted octanol–water partition coefficient (Wildman–Crippen LogP) is 4.21. The maximum absolute atomic E-state index is 2.28. The smallest absolute Gasteiger partial charge is 0.0157 e. The normalized spacial score (nSPS) is 44.1. The molecule has 1 heteroatoms. The second-order valence-electron chi connectivity index (χ2n) is 5.72. The van der Waals surface area contributed by atoms with E-state index in [0.717, 1.165) is 28.9 Å². The highest BCUT2D eigenvalue weighted by Gasteiger charge is 2.60. The van der Waals surface area contributed by atoms with Gasteiger partial charge in [-0.25, -0.2) is 0 Å². The summed E-state index contributed by atoms with van der Waals surface area (Å²) in [5, 5.41) is 0.970. The maximum atomic E-state index is 2.28. The second-order valence-corrected chi connectivity index (χ2v) is 6.97. The summed E-state index contributed by atoms with van der Waals surface area (Å²) in [7, 11) is 0. The quantitative estimate of drug-likeness (QED) is 0.733. The summed E-state index contributed by atoms with van der Waals surface area (Å²) in [5.41, 5.74) is 0. The molecule has 0 nitrogen and oxygen atoms in total. The van der Waals surface area contributed by atoms with Gasteiger partial charge in [-0.3, -0.25) is 0 Å². The van der Waals surface area contributed by atoms with Gasteiger partial charge in [-0.1, -0.05) is 24.6 Å². The lowest BCUT2D eigenvalue weighted by Crippen LogP contribution is -2.33. The Bertz CT molecular complexity index is 370. The van der Waals surface area contributed by atoms with Gasteiger partial charge in [0.15, 0.2) is 0 Å². The van der Waals surface area contributed by atoms with Crippen molar-refractivity contribution in [2.24, 2.45) is 23.7 Å². The molecule has 84 valence electrons. The Kier molecular flexibility index (Phi) is 2.11. The molecule has 0 aromatic heterocycles. The lowest BCUT2D eigenvalue weighted by molar-refractivity contribution is 0.266. The third kappa shape index (κ3) is 1.24. The van der Waals surface area contributed by atoms with E-state index in [1.54, 1.807) is 6.42 Å². The molecule has 4 rings (SSSR count). The van der Waals surface area contributed by atoms with Gasteiger partial charge in [0, 0.05) is 10.1 Å². The average molecular weight is 230 g/mol. The van der Waals surface area contributed by atoms with Gasteiger partial charge in [0.05, 0.1) is 0 Å². The van der Waals surface area contributed by atoms with E-state index < -0.39 is 0 Å². The first-order chi connectivity index (χ1) is 7.93. The average Bonchev–Trinajstić information content (AvgIpc) is 2.92. The van der Waals surface area contributed by atoms with Gasteiger partial charge < -0.3 is 0 Å². The summed E-state index contributed by atoms with van der Waals surface area (Å²) in [6.07, 6.45) is 6.15. The fourth-order valence-electron chi connectivity index (χ4n) is 4.45. The Hall–Kier alpha value is -0.430. The van der Waals surface area contributed by atoms with E-state index in [2.05, 4.69) is 42.1 Å². The molecule has 1 aromatic carbocycles. The molecule has 0 N–H and O–H groups in total. The molecular formula is C15H18S. The van der Waals surface area contributed by atoms with Crippen molar-refractivity contribution in [2.45, 2.75) is 35.8 Å². The van der Waals surface area contributed by atoms with E-state index in [9.17, 15) is 0 Å². The number of benzene rings is 1. The van der Waals surface area contributed by atoms with Crippen molar-refractivity contribution in [3.05, 3.63) is 30.3 Å². The van der Waals surface area contributed by atoms with Crippen molar-refractivity contribution in [1.29, 1.82) is 0 Å². The van der Waals surface area contributed by atoms with Gasteiger partial charge in [-0.05, 0) is 55.1 Å². The molecule has 0 radical (unpaired) electrons. The Morgan fingerprint density at radius 3 is 2.25 bits per heavy atom. The molecule has 3 fully saturated rings. The Morgan fingerprint density at radius 2 is 1.56 bits per heavy atom. The van der Waals surface area contributed by atoms with Crippen molar-refractivity contribution in [3.8, 4) is 0 Å². The summed E-state index contributed by atoms with van der Waals surface area (Å²) in [6, 6.07) is 11.0. The van der Waals surface area contributed by atoms with Crippen molar-refractivity contribution in [1.82, 2.24) is 0 Å². The summed E-state index contributed by atoms with van der Waals surface area (Å²) in [5.74, 6) is 4.38. The van der Waals surface area contributed by atoms with E-state index in [1.165, 1.54) is 24.2 Å². The van der Waals surface area contributed by atoms with E-state index in [-0.39, 0.29) is 0 Å². The number of thioether (sulfide) groups is 1. The molecule has 0 spiro atoms. The van der Waals surface area contributed by atoms with Crippen molar-refractivity contribution in [3.63, 3.8) is 0 Å². The highest BCUT2D eigenvalue weighted by Crippen LogP contribution is 2.66. The van der Waals surface area contributed by atoms with Crippen LogP contribution >= 0.6 is 11.8 Å². The zero-order chi connectivity index (χ0) is 10.5. The molecule has 0 heterocycles. The first-order valence-electron chi connectivity index (χ1n) is 6.65. The minimum Gasteiger partial charge on any atom is -0.122 e. The van der Waals surface area contributed by atoms with E-state index in [0.29, 0.717) is 0 Å². The van der Waals surface area contributed by atoms with Crippen molar-refractivity contribution >= 4 is 11.8 Å². The Morgan fingerprint density at radius 1 is 0.875 bits per heavy atom. The number of hydrogen-bond donors (Lipinski definition) is 0.